The van der Waals surface area contributed by atoms with Crippen LogP contribution in [0.4, 0.5) is 0 Å². The van der Waals surface area contributed by atoms with E-state index in [1.54, 1.807) is 5.48 Å². The maximum absolute atomic E-state index is 11.1. The molecular weight excluding hydrogens is 264 g/mol. The first-order chi connectivity index (χ1) is 10.3. The van der Waals surface area contributed by atoms with Gasteiger partial charge in [0, 0.05) is 23.7 Å². The maximum Gasteiger partial charge on any atom is 0.243 e. The largest absolute Gasteiger partial charge is 0.317 e. The summed E-state index contributed by atoms with van der Waals surface area (Å²) in [5, 5.41) is 9.65. The number of para-hydroxylation sites is 1. The molecule has 4 heteroatoms. The summed E-state index contributed by atoms with van der Waals surface area (Å²) in [6.45, 7) is 0. The molecule has 0 fully saturated rings. The van der Waals surface area contributed by atoms with Crippen molar-refractivity contribution in [2.24, 2.45) is 0 Å². The Morgan fingerprint density at radius 1 is 1.10 bits per heavy atom. The topological polar surface area (TPSA) is 54.3 Å². The lowest BCUT2D eigenvalue weighted by Gasteiger charge is -2.06. The standard InChI is InChI=1S/C17H16N2O2/c20-17(18-21)9-7-13-6-8-16-14(12-13)10-11-19(16)15-4-2-1-3-5-15/h1-6,8,10-12,21H,7,9H2,(H,18,20). The van der Waals surface area contributed by atoms with Crippen molar-refractivity contribution in [2.45, 2.75) is 12.8 Å². The van der Waals surface area contributed by atoms with Gasteiger partial charge in [0.05, 0.1) is 5.52 Å². The van der Waals surface area contributed by atoms with Crippen molar-refractivity contribution < 1.29 is 10.0 Å². The molecule has 1 heterocycles. The van der Waals surface area contributed by atoms with Crippen molar-refractivity contribution in [3.63, 3.8) is 0 Å². The molecule has 1 amide bonds. The van der Waals surface area contributed by atoms with Crippen LogP contribution in [0.25, 0.3) is 16.6 Å². The molecule has 2 aromatic carbocycles. The van der Waals surface area contributed by atoms with Gasteiger partial charge in [0.1, 0.15) is 0 Å². The van der Waals surface area contributed by atoms with E-state index in [1.165, 1.54) is 0 Å². The highest BCUT2D eigenvalue weighted by Crippen LogP contribution is 2.22. The lowest BCUT2D eigenvalue weighted by Crippen LogP contribution is -2.18. The van der Waals surface area contributed by atoms with Gasteiger partial charge in [-0.2, -0.15) is 0 Å². The van der Waals surface area contributed by atoms with Gasteiger partial charge in [-0.05, 0) is 42.3 Å². The molecule has 4 nitrogen and oxygen atoms in total. The third kappa shape index (κ3) is 2.80. The molecule has 0 aliphatic rings. The minimum atomic E-state index is -0.364. The van der Waals surface area contributed by atoms with Crippen LogP contribution in [-0.2, 0) is 11.2 Å². The van der Waals surface area contributed by atoms with Crippen LogP contribution in [0.2, 0.25) is 0 Å². The fraction of sp³-hybridized carbons (Fsp3) is 0.118. The number of carbonyl (C=O) groups excluding carboxylic acids is 1. The highest BCUT2D eigenvalue weighted by molar-refractivity contribution is 5.83. The van der Waals surface area contributed by atoms with Crippen molar-refractivity contribution in [1.29, 1.82) is 0 Å². The van der Waals surface area contributed by atoms with Crippen molar-refractivity contribution in [1.82, 2.24) is 10.0 Å². The van der Waals surface area contributed by atoms with Gasteiger partial charge in [0.2, 0.25) is 5.91 Å². The maximum atomic E-state index is 11.1. The minimum Gasteiger partial charge on any atom is -0.317 e. The second-order valence-electron chi connectivity index (χ2n) is 4.95. The van der Waals surface area contributed by atoms with E-state index in [1.807, 2.05) is 30.5 Å². The molecule has 3 rings (SSSR count). The Balaban J connectivity index is 1.89. The summed E-state index contributed by atoms with van der Waals surface area (Å²) >= 11 is 0. The Morgan fingerprint density at radius 3 is 2.67 bits per heavy atom. The van der Waals surface area contributed by atoms with E-state index in [2.05, 4.69) is 34.9 Å². The molecule has 0 bridgehead atoms. The Hall–Kier alpha value is -2.59. The number of fused-ring (bicyclic) bond motifs is 1. The van der Waals surface area contributed by atoms with E-state index >= 15 is 0 Å². The number of amides is 1. The number of hydroxylamine groups is 1. The van der Waals surface area contributed by atoms with Gasteiger partial charge in [-0.1, -0.05) is 24.3 Å². The second-order valence-corrected chi connectivity index (χ2v) is 4.95. The van der Waals surface area contributed by atoms with E-state index in [0.717, 1.165) is 22.2 Å². The van der Waals surface area contributed by atoms with Crippen molar-refractivity contribution in [3.8, 4) is 5.69 Å². The Kier molecular flexibility index (Phi) is 3.71. The molecule has 0 spiro atoms. The van der Waals surface area contributed by atoms with E-state index in [4.69, 9.17) is 5.21 Å². The van der Waals surface area contributed by atoms with Crippen LogP contribution in [0.3, 0.4) is 0 Å². The van der Waals surface area contributed by atoms with E-state index in [9.17, 15) is 4.79 Å². The summed E-state index contributed by atoms with van der Waals surface area (Å²) < 4.78 is 2.14. The third-order valence-electron chi connectivity index (χ3n) is 3.55. The van der Waals surface area contributed by atoms with E-state index in [0.29, 0.717) is 6.42 Å². The van der Waals surface area contributed by atoms with Crippen LogP contribution in [0.15, 0.2) is 60.8 Å². The molecule has 1 aromatic heterocycles. The van der Waals surface area contributed by atoms with Crippen molar-refractivity contribution in [3.05, 3.63) is 66.4 Å². The Bertz CT molecular complexity index is 763. The van der Waals surface area contributed by atoms with Gasteiger partial charge in [-0.15, -0.1) is 0 Å². The molecule has 0 unspecified atom stereocenters. The molecule has 0 saturated carbocycles. The number of aryl methyl sites for hydroxylation is 1. The van der Waals surface area contributed by atoms with Crippen LogP contribution in [-0.4, -0.2) is 15.7 Å². The summed E-state index contributed by atoms with van der Waals surface area (Å²) in [6, 6.07) is 18.4. The van der Waals surface area contributed by atoms with Crippen LogP contribution >= 0.6 is 0 Å². The van der Waals surface area contributed by atoms with Crippen LogP contribution in [0.5, 0.6) is 0 Å². The van der Waals surface area contributed by atoms with E-state index in [-0.39, 0.29) is 12.3 Å². The molecule has 0 aliphatic heterocycles. The number of carbonyl (C=O) groups is 1. The summed E-state index contributed by atoms with van der Waals surface area (Å²) in [6.07, 6.45) is 2.93. The summed E-state index contributed by atoms with van der Waals surface area (Å²) in [7, 11) is 0. The smallest absolute Gasteiger partial charge is 0.243 e. The van der Waals surface area contributed by atoms with E-state index < -0.39 is 0 Å². The lowest BCUT2D eigenvalue weighted by molar-refractivity contribution is -0.129. The average molecular weight is 280 g/mol. The van der Waals surface area contributed by atoms with Gasteiger partial charge in [0.15, 0.2) is 0 Å². The zero-order valence-corrected chi connectivity index (χ0v) is 11.5. The van der Waals surface area contributed by atoms with Crippen LogP contribution in [0, 0.1) is 0 Å². The van der Waals surface area contributed by atoms with Gasteiger partial charge in [0.25, 0.3) is 0 Å². The predicted molar refractivity (Wildman–Crippen MR) is 81.5 cm³/mol. The van der Waals surface area contributed by atoms with Gasteiger partial charge >= 0.3 is 0 Å². The molecule has 106 valence electrons. The van der Waals surface area contributed by atoms with Gasteiger partial charge in [-0.3, -0.25) is 10.0 Å². The highest BCUT2D eigenvalue weighted by Gasteiger charge is 2.05. The first kappa shape index (κ1) is 13.4. The number of rotatable bonds is 4. The average Bonchev–Trinajstić information content (AvgIpc) is 2.96. The minimum absolute atomic E-state index is 0.279. The quantitative estimate of drug-likeness (QED) is 0.570. The molecule has 0 radical (unpaired) electrons. The fourth-order valence-corrected chi connectivity index (χ4v) is 2.48. The highest BCUT2D eigenvalue weighted by atomic mass is 16.5. The number of nitrogens with one attached hydrogen (secondary N) is 1. The van der Waals surface area contributed by atoms with Crippen molar-refractivity contribution >= 4 is 16.8 Å². The first-order valence-electron chi connectivity index (χ1n) is 6.86. The number of nitrogens with zero attached hydrogens (tertiary/aromatic N) is 1. The normalized spacial score (nSPS) is 10.7. The second kappa shape index (κ2) is 5.81. The first-order valence-corrected chi connectivity index (χ1v) is 6.86. The molecule has 0 saturated heterocycles. The number of hydrogen-bond donors (Lipinski definition) is 2. The predicted octanol–water partition coefficient (Wildman–Crippen LogP) is 3.07. The number of benzene rings is 2. The Labute approximate surface area is 122 Å². The SMILES string of the molecule is O=C(CCc1ccc2c(ccn2-c2ccccc2)c1)NO. The van der Waals surface area contributed by atoms with Crippen LogP contribution < -0.4 is 5.48 Å². The fourth-order valence-electron chi connectivity index (χ4n) is 2.48. The zero-order chi connectivity index (χ0) is 14.7. The monoisotopic (exact) mass is 280 g/mol. The molecule has 2 N–H and O–H groups in total. The summed E-state index contributed by atoms with van der Waals surface area (Å²) in [5.74, 6) is -0.364. The lowest BCUT2D eigenvalue weighted by atomic mass is 10.1. The number of hydrogen-bond acceptors (Lipinski definition) is 2. The molecule has 0 atom stereocenters. The molecule has 0 aliphatic carbocycles. The molecule has 3 aromatic rings. The van der Waals surface area contributed by atoms with Gasteiger partial charge < -0.3 is 4.57 Å². The van der Waals surface area contributed by atoms with Crippen molar-refractivity contribution in [2.75, 3.05) is 0 Å². The zero-order valence-electron chi connectivity index (χ0n) is 11.5. The Morgan fingerprint density at radius 2 is 1.90 bits per heavy atom. The van der Waals surface area contributed by atoms with Gasteiger partial charge in [-0.25, -0.2) is 5.48 Å². The number of aromatic nitrogens is 1. The molecule has 21 heavy (non-hydrogen) atoms. The summed E-state index contributed by atoms with van der Waals surface area (Å²) in [5.41, 5.74) is 5.00. The summed E-state index contributed by atoms with van der Waals surface area (Å²) in [4.78, 5) is 11.1. The van der Waals surface area contributed by atoms with Crippen LogP contribution in [0.1, 0.15) is 12.0 Å². The molecular formula is C17H16N2O2. The third-order valence-corrected chi connectivity index (χ3v) is 3.55.